The summed E-state index contributed by atoms with van der Waals surface area (Å²) in [6.45, 7) is 0. The number of nitrogens with zero attached hydrogens (tertiary/aromatic N) is 4. The third kappa shape index (κ3) is 7.56. The van der Waals surface area contributed by atoms with Gasteiger partial charge in [-0.15, -0.1) is 0 Å². The topological polar surface area (TPSA) is 51.6 Å². The van der Waals surface area contributed by atoms with E-state index in [1.165, 1.54) is 0 Å². The second kappa shape index (κ2) is 14.6. The molecule has 4 aliphatic rings. The van der Waals surface area contributed by atoms with E-state index in [4.69, 9.17) is 0 Å². The van der Waals surface area contributed by atoms with E-state index in [-0.39, 0.29) is 0 Å². The molecule has 0 N–H and O–H groups in total. The van der Waals surface area contributed by atoms with Crippen molar-refractivity contribution in [2.75, 3.05) is 0 Å². The van der Waals surface area contributed by atoms with Gasteiger partial charge >= 0.3 is 0 Å². The van der Waals surface area contributed by atoms with Crippen LogP contribution in [0.4, 0.5) is 0 Å². The van der Waals surface area contributed by atoms with Gasteiger partial charge in [0.1, 0.15) is 22.8 Å². The first-order valence-electron chi connectivity index (χ1n) is 15.8. The van der Waals surface area contributed by atoms with Crippen LogP contribution in [0, 0.1) is 47.4 Å². The van der Waals surface area contributed by atoms with E-state index >= 15 is 0 Å². The van der Waals surface area contributed by atoms with Gasteiger partial charge in [-0.05, 0) is 144 Å². The minimum absolute atomic E-state index is 0.739. The van der Waals surface area contributed by atoms with Crippen LogP contribution >= 0.6 is 0 Å². The lowest BCUT2D eigenvalue weighted by atomic mass is 9.87. The highest BCUT2D eigenvalue weighted by molar-refractivity contribution is 5.58. The maximum Gasteiger partial charge on any atom is 0.113 e. The van der Waals surface area contributed by atoms with E-state index in [9.17, 15) is 0 Å². The molecule has 224 valence electrons. The second-order valence-corrected chi connectivity index (χ2v) is 11.2. The molecule has 4 nitrogen and oxygen atoms in total. The Morgan fingerprint density at radius 2 is 0.562 bits per heavy atom. The Kier molecular flexibility index (Phi) is 9.10. The van der Waals surface area contributed by atoms with Crippen LogP contribution in [0.2, 0.25) is 0 Å². The van der Waals surface area contributed by atoms with E-state index in [0.717, 1.165) is 93.0 Å². The van der Waals surface area contributed by atoms with E-state index in [0.29, 0.717) is 0 Å². The molecule has 4 aliphatic carbocycles. The lowest BCUT2D eigenvalue weighted by Crippen LogP contribution is -2.07. The van der Waals surface area contributed by atoms with Crippen LogP contribution in [0.15, 0.2) is 122 Å². The fourth-order valence-corrected chi connectivity index (χ4v) is 5.48. The van der Waals surface area contributed by atoms with Crippen LogP contribution in [-0.4, -0.2) is 19.9 Å². The maximum absolute atomic E-state index is 4.42. The summed E-state index contributed by atoms with van der Waals surface area (Å²) in [7, 11) is 0. The predicted molar refractivity (Wildman–Crippen MR) is 189 cm³/mol. The van der Waals surface area contributed by atoms with E-state index in [1.54, 1.807) is 24.8 Å². The second-order valence-electron chi connectivity index (χ2n) is 11.2. The molecule has 0 amide bonds. The van der Waals surface area contributed by atoms with Crippen molar-refractivity contribution >= 4 is 0 Å². The molecule has 4 bridgehead atoms. The van der Waals surface area contributed by atoms with E-state index < -0.39 is 0 Å². The number of hydrogen-bond donors (Lipinski definition) is 0. The molecule has 4 aromatic heterocycles. The molecule has 0 unspecified atom stereocenters. The predicted octanol–water partition coefficient (Wildman–Crippen LogP) is 6.75. The third-order valence-electron chi connectivity index (χ3n) is 7.95. The number of rotatable bonds is 0. The maximum atomic E-state index is 4.42. The van der Waals surface area contributed by atoms with Gasteiger partial charge in [-0.2, -0.15) is 0 Å². The summed E-state index contributed by atoms with van der Waals surface area (Å²) in [4.78, 5) is 17.7. The zero-order chi connectivity index (χ0) is 32.4. The lowest BCUT2D eigenvalue weighted by molar-refractivity contribution is 0.910. The van der Waals surface area contributed by atoms with Gasteiger partial charge < -0.3 is 0 Å². The summed E-state index contributed by atoms with van der Waals surface area (Å²) in [6, 6.07) is 32.0. The number of hydrogen-bond acceptors (Lipinski definition) is 4. The van der Waals surface area contributed by atoms with Crippen LogP contribution < -0.4 is 0 Å². The van der Waals surface area contributed by atoms with E-state index in [1.807, 2.05) is 72.8 Å². The average Bonchev–Trinajstić information content (AvgIpc) is 3.14. The molecule has 0 saturated carbocycles. The largest absolute Gasteiger partial charge is 0.248 e. The van der Waals surface area contributed by atoms with Crippen molar-refractivity contribution in [2.45, 2.75) is 25.7 Å². The van der Waals surface area contributed by atoms with Gasteiger partial charge in [0.15, 0.2) is 0 Å². The summed E-state index contributed by atoms with van der Waals surface area (Å²) in [5.41, 5.74) is 11.4. The molecule has 0 fully saturated rings. The molecular weight excluding hydrogens is 585 g/mol. The highest BCUT2D eigenvalue weighted by atomic mass is 14.7. The Labute approximate surface area is 281 Å². The SMILES string of the molecule is C(#Cc1cc2c(C#Cc3ccccn3)cc1CCc1cc(C#Cc3ccccn3)c(cc1C#Cc1ccccn1)CC2)c1ccccn1. The molecule has 0 radical (unpaired) electrons. The lowest BCUT2D eigenvalue weighted by Gasteiger charge is -2.17. The molecule has 4 heterocycles. The molecule has 10 rings (SSSR count). The van der Waals surface area contributed by atoms with Crippen LogP contribution in [0.5, 0.6) is 0 Å². The molecule has 48 heavy (non-hydrogen) atoms. The Balaban J connectivity index is 1.35. The molecule has 2 aromatic carbocycles. The number of aromatic nitrogens is 4. The van der Waals surface area contributed by atoms with Crippen LogP contribution in [-0.2, 0) is 25.7 Å². The fraction of sp³-hybridized carbons (Fsp3) is 0.0909. The van der Waals surface area contributed by atoms with Crippen molar-refractivity contribution in [2.24, 2.45) is 0 Å². The molecule has 4 heteroatoms. The Morgan fingerprint density at radius 3 is 0.771 bits per heavy atom. The number of pyridine rings is 4. The van der Waals surface area contributed by atoms with Gasteiger partial charge in [0, 0.05) is 47.0 Å². The Morgan fingerprint density at radius 1 is 0.312 bits per heavy atom. The number of aryl methyl sites for hydroxylation is 4. The summed E-state index contributed by atoms with van der Waals surface area (Å²) >= 11 is 0. The molecule has 0 saturated heterocycles. The Hall–Kier alpha value is -6.72. The smallest absolute Gasteiger partial charge is 0.113 e. The molecule has 0 aliphatic heterocycles. The van der Waals surface area contributed by atoms with Crippen molar-refractivity contribution in [3.63, 3.8) is 0 Å². The van der Waals surface area contributed by atoms with Crippen molar-refractivity contribution in [3.8, 4) is 47.4 Å². The minimum atomic E-state index is 0.739. The average molecular weight is 613 g/mol. The van der Waals surface area contributed by atoms with Crippen molar-refractivity contribution < 1.29 is 0 Å². The van der Waals surface area contributed by atoms with Crippen LogP contribution in [0.1, 0.15) is 67.3 Å². The first-order chi connectivity index (χ1) is 23.8. The van der Waals surface area contributed by atoms with Crippen LogP contribution in [0.3, 0.4) is 0 Å². The zero-order valence-corrected chi connectivity index (χ0v) is 26.2. The van der Waals surface area contributed by atoms with Gasteiger partial charge in [-0.3, -0.25) is 0 Å². The molecular formula is C44H28N4. The standard InChI is InChI=1S/C44H28N4/c1-5-25-45-41(9-1)21-17-37-29-34-15-16-36-32-39(19-23-43-11-3-7-27-47-43)35(31-40(36)20-24-44-12-4-8-28-48-44)14-13-33(37)30-38(34)18-22-42-10-2-6-26-46-42/h1-12,25-32H,13-16H2. The van der Waals surface area contributed by atoms with Gasteiger partial charge in [-0.1, -0.05) is 47.9 Å². The molecule has 0 spiro atoms. The quantitative estimate of drug-likeness (QED) is 0.178. The highest BCUT2D eigenvalue weighted by Crippen LogP contribution is 2.26. The van der Waals surface area contributed by atoms with Crippen molar-refractivity contribution in [3.05, 3.63) is 189 Å². The number of benzene rings is 2. The monoisotopic (exact) mass is 612 g/mol. The molecule has 0 atom stereocenters. The summed E-state index contributed by atoms with van der Waals surface area (Å²) < 4.78 is 0. The van der Waals surface area contributed by atoms with Gasteiger partial charge in [-0.25, -0.2) is 19.9 Å². The van der Waals surface area contributed by atoms with E-state index in [2.05, 4.69) is 91.6 Å². The minimum Gasteiger partial charge on any atom is -0.248 e. The Bertz CT molecular complexity index is 2000. The van der Waals surface area contributed by atoms with Crippen molar-refractivity contribution in [1.29, 1.82) is 0 Å². The van der Waals surface area contributed by atoms with Crippen LogP contribution in [0.25, 0.3) is 0 Å². The van der Waals surface area contributed by atoms with Gasteiger partial charge in [0.05, 0.1) is 0 Å². The highest BCUT2D eigenvalue weighted by Gasteiger charge is 2.15. The fourth-order valence-electron chi connectivity index (χ4n) is 5.48. The normalized spacial score (nSPS) is 11.2. The summed E-state index contributed by atoms with van der Waals surface area (Å²) in [6.07, 6.45) is 10.1. The molecule has 6 aromatic rings. The summed E-state index contributed by atoms with van der Waals surface area (Å²) in [5.74, 6) is 26.9. The first kappa shape index (κ1) is 30.0. The first-order valence-corrected chi connectivity index (χ1v) is 15.8. The van der Waals surface area contributed by atoms with Gasteiger partial charge in [0.2, 0.25) is 0 Å². The summed E-state index contributed by atoms with van der Waals surface area (Å²) in [5, 5.41) is 0. The van der Waals surface area contributed by atoms with Crippen molar-refractivity contribution in [1.82, 2.24) is 19.9 Å². The zero-order valence-electron chi connectivity index (χ0n) is 26.2. The third-order valence-corrected chi connectivity index (χ3v) is 7.95. The van der Waals surface area contributed by atoms with Gasteiger partial charge in [0.25, 0.3) is 0 Å².